The van der Waals surface area contributed by atoms with Crippen LogP contribution in [0.5, 0.6) is 0 Å². The van der Waals surface area contributed by atoms with E-state index in [4.69, 9.17) is 0 Å². The lowest BCUT2D eigenvalue weighted by molar-refractivity contribution is -0.147. The van der Waals surface area contributed by atoms with Gasteiger partial charge in [0.15, 0.2) is 0 Å². The van der Waals surface area contributed by atoms with Gasteiger partial charge in [-0.05, 0) is 63.2 Å². The van der Waals surface area contributed by atoms with Crippen LogP contribution in [0.2, 0.25) is 0 Å². The normalized spacial score (nSPS) is 31.3. The minimum atomic E-state index is 0.113. The van der Waals surface area contributed by atoms with Crippen LogP contribution < -0.4 is 0 Å². The fourth-order valence-corrected chi connectivity index (χ4v) is 7.46. The van der Waals surface area contributed by atoms with E-state index in [1.807, 2.05) is 0 Å². The smallest absolute Gasteiger partial charge is 0.145 e. The lowest BCUT2D eigenvalue weighted by Gasteiger charge is -2.48. The van der Waals surface area contributed by atoms with Crippen molar-refractivity contribution in [1.82, 2.24) is 0 Å². The Kier molecular flexibility index (Phi) is 5.07. The molecule has 4 aliphatic carbocycles. The number of carbonyl (C=O) groups is 1. The second-order valence-corrected chi connectivity index (χ2v) is 9.73. The molecule has 0 unspecified atom stereocenters. The van der Waals surface area contributed by atoms with Gasteiger partial charge in [0.1, 0.15) is 5.78 Å². The van der Waals surface area contributed by atoms with Gasteiger partial charge >= 0.3 is 0 Å². The van der Waals surface area contributed by atoms with E-state index in [0.29, 0.717) is 0 Å². The topological polar surface area (TPSA) is 17.1 Å². The van der Waals surface area contributed by atoms with Crippen molar-refractivity contribution in [3.63, 3.8) is 0 Å². The molecule has 0 N–H and O–H groups in total. The zero-order chi connectivity index (χ0) is 16.5. The quantitative estimate of drug-likeness (QED) is 0.551. The summed E-state index contributed by atoms with van der Waals surface area (Å²) in [5.74, 6) is 2.29. The summed E-state index contributed by atoms with van der Waals surface area (Å²) in [6.45, 7) is 0. The molecule has 1 heteroatoms. The molecular formula is C23H38O. The van der Waals surface area contributed by atoms with Crippen molar-refractivity contribution in [3.8, 4) is 0 Å². The summed E-state index contributed by atoms with van der Waals surface area (Å²) >= 11 is 0. The molecule has 4 aliphatic rings. The molecule has 0 atom stereocenters. The monoisotopic (exact) mass is 330 g/mol. The molecule has 0 aromatic heterocycles. The maximum Gasteiger partial charge on any atom is 0.145 e. The predicted molar refractivity (Wildman–Crippen MR) is 100.0 cm³/mol. The SMILES string of the molecule is O=C(C1(C2CCCCC2)CCCC1)C1(C2CCCCC2)CCCC1. The molecule has 0 spiro atoms. The Bertz CT molecular complexity index is 387. The van der Waals surface area contributed by atoms with Crippen LogP contribution in [0.4, 0.5) is 0 Å². The second-order valence-electron chi connectivity index (χ2n) is 9.73. The van der Waals surface area contributed by atoms with Gasteiger partial charge in [-0.1, -0.05) is 64.2 Å². The fourth-order valence-electron chi connectivity index (χ4n) is 7.46. The van der Waals surface area contributed by atoms with Gasteiger partial charge in [0.25, 0.3) is 0 Å². The third-order valence-corrected chi connectivity index (χ3v) is 8.67. The van der Waals surface area contributed by atoms with Gasteiger partial charge in [-0.25, -0.2) is 0 Å². The average molecular weight is 331 g/mol. The first kappa shape index (κ1) is 17.1. The summed E-state index contributed by atoms with van der Waals surface area (Å²) in [7, 11) is 0. The van der Waals surface area contributed by atoms with E-state index in [2.05, 4.69) is 0 Å². The first-order valence-corrected chi connectivity index (χ1v) is 11.3. The first-order valence-electron chi connectivity index (χ1n) is 11.3. The number of Topliss-reactive ketones (excluding diaryl/α,β-unsaturated/α-hetero) is 1. The van der Waals surface area contributed by atoms with Gasteiger partial charge in [-0.2, -0.15) is 0 Å². The van der Waals surface area contributed by atoms with E-state index in [9.17, 15) is 4.79 Å². The fraction of sp³-hybridized carbons (Fsp3) is 0.957. The van der Waals surface area contributed by atoms with Crippen LogP contribution in [0.3, 0.4) is 0 Å². The molecule has 0 aromatic rings. The third kappa shape index (κ3) is 2.78. The highest BCUT2D eigenvalue weighted by molar-refractivity contribution is 5.91. The number of rotatable bonds is 4. The molecule has 4 rings (SSSR count). The molecule has 136 valence electrons. The summed E-state index contributed by atoms with van der Waals surface area (Å²) in [6.07, 6.45) is 24.0. The first-order chi connectivity index (χ1) is 11.8. The molecule has 0 aromatic carbocycles. The minimum absolute atomic E-state index is 0.113. The number of hydrogen-bond acceptors (Lipinski definition) is 1. The Morgan fingerprint density at radius 2 is 0.833 bits per heavy atom. The second kappa shape index (κ2) is 7.12. The minimum Gasteiger partial charge on any atom is -0.298 e. The lowest BCUT2D eigenvalue weighted by atomic mass is 9.54. The molecule has 0 bridgehead atoms. The molecule has 0 amide bonds. The van der Waals surface area contributed by atoms with Crippen LogP contribution >= 0.6 is 0 Å². The summed E-state index contributed by atoms with van der Waals surface area (Å²) in [5, 5.41) is 0. The van der Waals surface area contributed by atoms with Crippen LogP contribution in [0.25, 0.3) is 0 Å². The number of carbonyl (C=O) groups excluding carboxylic acids is 1. The number of ketones is 1. The van der Waals surface area contributed by atoms with Crippen molar-refractivity contribution in [3.05, 3.63) is 0 Å². The van der Waals surface area contributed by atoms with Crippen molar-refractivity contribution in [2.75, 3.05) is 0 Å². The van der Waals surface area contributed by atoms with Gasteiger partial charge in [0.05, 0.1) is 0 Å². The highest BCUT2D eigenvalue weighted by Gasteiger charge is 2.57. The molecule has 1 nitrogen and oxygen atoms in total. The Morgan fingerprint density at radius 1 is 0.500 bits per heavy atom. The third-order valence-electron chi connectivity index (χ3n) is 8.67. The van der Waals surface area contributed by atoms with Crippen molar-refractivity contribution >= 4 is 5.78 Å². The number of hydrogen-bond donors (Lipinski definition) is 0. The molecule has 0 radical (unpaired) electrons. The largest absolute Gasteiger partial charge is 0.298 e. The van der Waals surface area contributed by atoms with Crippen LogP contribution in [0.1, 0.15) is 116 Å². The van der Waals surface area contributed by atoms with E-state index < -0.39 is 0 Å². The van der Waals surface area contributed by atoms with Crippen molar-refractivity contribution < 1.29 is 4.79 Å². The summed E-state index contributed by atoms with van der Waals surface area (Å²) < 4.78 is 0. The van der Waals surface area contributed by atoms with Gasteiger partial charge < -0.3 is 0 Å². The summed E-state index contributed by atoms with van der Waals surface area (Å²) in [5.41, 5.74) is 0.227. The maximum absolute atomic E-state index is 14.3. The molecule has 0 heterocycles. The molecule has 4 saturated carbocycles. The predicted octanol–water partition coefficient (Wildman–Crippen LogP) is 6.84. The summed E-state index contributed by atoms with van der Waals surface area (Å²) in [4.78, 5) is 14.3. The van der Waals surface area contributed by atoms with Crippen molar-refractivity contribution in [2.45, 2.75) is 116 Å². The van der Waals surface area contributed by atoms with E-state index in [1.54, 1.807) is 0 Å². The highest BCUT2D eigenvalue weighted by Crippen LogP contribution is 2.59. The molecular weight excluding hydrogens is 292 g/mol. The Labute approximate surface area is 149 Å². The van der Waals surface area contributed by atoms with Crippen LogP contribution in [-0.4, -0.2) is 5.78 Å². The van der Waals surface area contributed by atoms with Gasteiger partial charge in [-0.15, -0.1) is 0 Å². The zero-order valence-corrected chi connectivity index (χ0v) is 15.8. The van der Waals surface area contributed by atoms with Crippen LogP contribution in [0.15, 0.2) is 0 Å². The highest BCUT2D eigenvalue weighted by atomic mass is 16.1. The Morgan fingerprint density at radius 3 is 1.17 bits per heavy atom. The van der Waals surface area contributed by atoms with Crippen LogP contribution in [-0.2, 0) is 4.79 Å². The van der Waals surface area contributed by atoms with E-state index in [1.165, 1.54) is 116 Å². The molecule has 24 heavy (non-hydrogen) atoms. The molecule has 0 saturated heterocycles. The van der Waals surface area contributed by atoms with Gasteiger partial charge in [0, 0.05) is 10.8 Å². The van der Waals surface area contributed by atoms with Gasteiger partial charge in [-0.3, -0.25) is 4.79 Å². The van der Waals surface area contributed by atoms with Crippen molar-refractivity contribution in [2.24, 2.45) is 22.7 Å². The van der Waals surface area contributed by atoms with E-state index in [-0.39, 0.29) is 10.8 Å². The van der Waals surface area contributed by atoms with E-state index >= 15 is 0 Å². The summed E-state index contributed by atoms with van der Waals surface area (Å²) in [6, 6.07) is 0. The van der Waals surface area contributed by atoms with E-state index in [0.717, 1.165) is 17.6 Å². The Hall–Kier alpha value is -0.330. The average Bonchev–Trinajstić information content (AvgIpc) is 3.34. The molecule has 4 fully saturated rings. The lowest BCUT2D eigenvalue weighted by Crippen LogP contribution is -2.49. The standard InChI is InChI=1S/C23H38O/c24-21(22(15-7-8-16-22)19-11-3-1-4-12-19)23(17-9-10-18-23)20-13-5-2-6-14-20/h19-20H,1-18H2. The van der Waals surface area contributed by atoms with Crippen LogP contribution in [0, 0.1) is 22.7 Å². The molecule has 0 aliphatic heterocycles. The van der Waals surface area contributed by atoms with Gasteiger partial charge in [0.2, 0.25) is 0 Å². The Balaban J connectivity index is 1.64. The maximum atomic E-state index is 14.3. The van der Waals surface area contributed by atoms with Crippen molar-refractivity contribution in [1.29, 1.82) is 0 Å². The zero-order valence-electron chi connectivity index (χ0n) is 15.8.